The van der Waals surface area contributed by atoms with Crippen LogP contribution in [0.2, 0.25) is 0 Å². The van der Waals surface area contributed by atoms with Crippen LogP contribution in [0.4, 0.5) is 17.2 Å². The van der Waals surface area contributed by atoms with Gasteiger partial charge in [0.1, 0.15) is 0 Å². The van der Waals surface area contributed by atoms with E-state index < -0.39 is 0 Å². The highest BCUT2D eigenvalue weighted by Crippen LogP contribution is 2.25. The number of rotatable bonds is 3. The maximum atomic E-state index is 5.99. The zero-order chi connectivity index (χ0) is 13.8. The van der Waals surface area contributed by atoms with Gasteiger partial charge in [-0.3, -0.25) is 0 Å². The molecule has 0 saturated heterocycles. The van der Waals surface area contributed by atoms with Gasteiger partial charge in [0.05, 0.1) is 11.4 Å². The minimum absolute atomic E-state index is 0.633. The van der Waals surface area contributed by atoms with Crippen molar-refractivity contribution >= 4 is 17.2 Å². The number of anilines is 3. The average molecular weight is 261 g/mol. The molecule has 0 aliphatic rings. The standard InChI is InChI=1S/C17H15N3/c18-15-11-12-16(13-7-3-1-4-8-13)20-17(15)19-14-9-5-2-6-10-14/h1-12H,18H2,(H,19,20). The quantitative estimate of drug-likeness (QED) is 0.747. The van der Waals surface area contributed by atoms with E-state index >= 15 is 0 Å². The van der Waals surface area contributed by atoms with Gasteiger partial charge >= 0.3 is 0 Å². The molecule has 98 valence electrons. The maximum absolute atomic E-state index is 5.99. The number of para-hydroxylation sites is 1. The molecule has 1 heterocycles. The third-order valence-electron chi connectivity index (χ3n) is 3.03. The molecule has 0 unspecified atom stereocenters. The van der Waals surface area contributed by atoms with Gasteiger partial charge in [-0.1, -0.05) is 48.5 Å². The van der Waals surface area contributed by atoms with Crippen LogP contribution >= 0.6 is 0 Å². The van der Waals surface area contributed by atoms with Crippen molar-refractivity contribution in [3.05, 3.63) is 72.8 Å². The van der Waals surface area contributed by atoms with Crippen molar-refractivity contribution in [2.75, 3.05) is 11.1 Å². The van der Waals surface area contributed by atoms with E-state index in [2.05, 4.69) is 10.3 Å². The van der Waals surface area contributed by atoms with Crippen LogP contribution in [0.1, 0.15) is 0 Å². The molecular formula is C17H15N3. The first-order valence-electron chi connectivity index (χ1n) is 6.47. The third-order valence-corrected chi connectivity index (χ3v) is 3.03. The summed E-state index contributed by atoms with van der Waals surface area (Å²) in [4.78, 5) is 4.60. The second-order valence-electron chi connectivity index (χ2n) is 4.49. The Morgan fingerprint density at radius 1 is 0.750 bits per heavy atom. The number of hydrogen-bond acceptors (Lipinski definition) is 3. The molecule has 3 aromatic rings. The summed E-state index contributed by atoms with van der Waals surface area (Å²) in [5, 5.41) is 3.25. The number of hydrogen-bond donors (Lipinski definition) is 2. The summed E-state index contributed by atoms with van der Waals surface area (Å²) in [6.45, 7) is 0. The van der Waals surface area contributed by atoms with Crippen LogP contribution in [0.25, 0.3) is 11.3 Å². The van der Waals surface area contributed by atoms with Crippen LogP contribution in [-0.2, 0) is 0 Å². The molecule has 20 heavy (non-hydrogen) atoms. The molecule has 0 bridgehead atoms. The fourth-order valence-corrected chi connectivity index (χ4v) is 2.00. The monoisotopic (exact) mass is 261 g/mol. The molecule has 0 saturated carbocycles. The van der Waals surface area contributed by atoms with Crippen LogP contribution in [-0.4, -0.2) is 4.98 Å². The van der Waals surface area contributed by atoms with E-state index in [4.69, 9.17) is 5.73 Å². The Labute approximate surface area is 118 Å². The molecule has 0 amide bonds. The smallest absolute Gasteiger partial charge is 0.154 e. The van der Waals surface area contributed by atoms with Crippen molar-refractivity contribution in [2.45, 2.75) is 0 Å². The number of nitrogens with two attached hydrogens (primary N) is 1. The lowest BCUT2D eigenvalue weighted by Crippen LogP contribution is -2.00. The predicted molar refractivity (Wildman–Crippen MR) is 83.8 cm³/mol. The first kappa shape index (κ1) is 12.2. The third kappa shape index (κ3) is 2.62. The minimum Gasteiger partial charge on any atom is -0.396 e. The summed E-state index contributed by atoms with van der Waals surface area (Å²) in [5.74, 6) is 0.678. The lowest BCUT2D eigenvalue weighted by atomic mass is 10.1. The lowest BCUT2D eigenvalue weighted by molar-refractivity contribution is 1.31. The van der Waals surface area contributed by atoms with Crippen molar-refractivity contribution in [3.8, 4) is 11.3 Å². The molecule has 3 rings (SSSR count). The highest BCUT2D eigenvalue weighted by Gasteiger charge is 2.05. The van der Waals surface area contributed by atoms with Gasteiger partial charge in [-0.05, 0) is 24.3 Å². The van der Waals surface area contributed by atoms with Crippen LogP contribution in [0.5, 0.6) is 0 Å². The van der Waals surface area contributed by atoms with Gasteiger partial charge < -0.3 is 11.1 Å². The van der Waals surface area contributed by atoms with Crippen molar-refractivity contribution in [1.29, 1.82) is 0 Å². The van der Waals surface area contributed by atoms with Gasteiger partial charge in [-0.2, -0.15) is 0 Å². The fourth-order valence-electron chi connectivity index (χ4n) is 2.00. The van der Waals surface area contributed by atoms with E-state index in [9.17, 15) is 0 Å². The van der Waals surface area contributed by atoms with Crippen molar-refractivity contribution in [3.63, 3.8) is 0 Å². The Hall–Kier alpha value is -2.81. The van der Waals surface area contributed by atoms with E-state index in [0.717, 1.165) is 16.9 Å². The van der Waals surface area contributed by atoms with Crippen LogP contribution in [0.15, 0.2) is 72.8 Å². The summed E-state index contributed by atoms with van der Waals surface area (Å²) in [7, 11) is 0. The molecule has 1 aromatic heterocycles. The van der Waals surface area contributed by atoms with Gasteiger partial charge in [0.25, 0.3) is 0 Å². The highest BCUT2D eigenvalue weighted by molar-refractivity contribution is 5.73. The Kier molecular flexibility index (Phi) is 3.33. The number of nitrogen functional groups attached to an aromatic ring is 1. The van der Waals surface area contributed by atoms with E-state index in [0.29, 0.717) is 11.5 Å². The number of benzene rings is 2. The van der Waals surface area contributed by atoms with Crippen LogP contribution in [0, 0.1) is 0 Å². The Bertz CT molecular complexity index is 694. The van der Waals surface area contributed by atoms with Crippen molar-refractivity contribution in [2.24, 2.45) is 0 Å². The van der Waals surface area contributed by atoms with E-state index in [1.165, 1.54) is 0 Å². The molecule has 3 nitrogen and oxygen atoms in total. The van der Waals surface area contributed by atoms with E-state index in [1.807, 2.05) is 72.8 Å². The molecule has 0 radical (unpaired) electrons. The maximum Gasteiger partial charge on any atom is 0.154 e. The van der Waals surface area contributed by atoms with Crippen molar-refractivity contribution < 1.29 is 0 Å². The van der Waals surface area contributed by atoms with E-state index in [-0.39, 0.29) is 0 Å². The summed E-state index contributed by atoms with van der Waals surface area (Å²) in [6, 6.07) is 23.7. The largest absolute Gasteiger partial charge is 0.396 e. The Balaban J connectivity index is 1.95. The molecule has 2 aromatic carbocycles. The molecule has 0 fully saturated rings. The topological polar surface area (TPSA) is 50.9 Å². The SMILES string of the molecule is Nc1ccc(-c2ccccc2)nc1Nc1ccccc1. The number of aromatic nitrogens is 1. The van der Waals surface area contributed by atoms with E-state index in [1.54, 1.807) is 0 Å². The minimum atomic E-state index is 0.633. The fraction of sp³-hybridized carbons (Fsp3) is 0. The predicted octanol–water partition coefficient (Wildman–Crippen LogP) is 4.07. The molecule has 3 N–H and O–H groups in total. The second kappa shape index (κ2) is 5.45. The number of nitrogens with one attached hydrogen (secondary N) is 1. The van der Waals surface area contributed by atoms with Gasteiger partial charge in [0.15, 0.2) is 5.82 Å². The van der Waals surface area contributed by atoms with Crippen LogP contribution < -0.4 is 11.1 Å². The van der Waals surface area contributed by atoms with Gasteiger partial charge in [-0.15, -0.1) is 0 Å². The summed E-state index contributed by atoms with van der Waals surface area (Å²) in [6.07, 6.45) is 0. The van der Waals surface area contributed by atoms with Gasteiger partial charge in [0, 0.05) is 11.3 Å². The first-order chi connectivity index (χ1) is 9.83. The zero-order valence-electron chi connectivity index (χ0n) is 11.0. The lowest BCUT2D eigenvalue weighted by Gasteiger charge is -2.10. The first-order valence-corrected chi connectivity index (χ1v) is 6.47. The average Bonchev–Trinajstić information content (AvgIpc) is 2.51. The van der Waals surface area contributed by atoms with Gasteiger partial charge in [0.2, 0.25) is 0 Å². The van der Waals surface area contributed by atoms with Crippen LogP contribution in [0.3, 0.4) is 0 Å². The second-order valence-corrected chi connectivity index (χ2v) is 4.49. The van der Waals surface area contributed by atoms with Gasteiger partial charge in [-0.25, -0.2) is 4.98 Å². The molecule has 0 aliphatic heterocycles. The number of pyridine rings is 1. The summed E-state index contributed by atoms with van der Waals surface area (Å²) < 4.78 is 0. The normalized spacial score (nSPS) is 10.2. The Morgan fingerprint density at radius 2 is 1.40 bits per heavy atom. The molecule has 0 atom stereocenters. The molecule has 0 spiro atoms. The number of nitrogens with zero attached hydrogens (tertiary/aromatic N) is 1. The van der Waals surface area contributed by atoms with Crippen molar-refractivity contribution in [1.82, 2.24) is 4.98 Å². The zero-order valence-corrected chi connectivity index (χ0v) is 11.0. The highest BCUT2D eigenvalue weighted by atomic mass is 15.0. The Morgan fingerprint density at radius 3 is 2.10 bits per heavy atom. The molecule has 3 heteroatoms. The summed E-state index contributed by atoms with van der Waals surface area (Å²) in [5.41, 5.74) is 9.57. The summed E-state index contributed by atoms with van der Waals surface area (Å²) >= 11 is 0. The molecular weight excluding hydrogens is 246 g/mol. The molecule has 0 aliphatic carbocycles.